The Hall–Kier alpha value is -4.83. The quantitative estimate of drug-likeness (QED) is 0.166. The zero-order chi connectivity index (χ0) is 28.9. The van der Waals surface area contributed by atoms with Crippen LogP contribution in [0.3, 0.4) is 0 Å². The minimum absolute atomic E-state index is 0.137. The third-order valence-electron chi connectivity index (χ3n) is 6.74. The summed E-state index contributed by atoms with van der Waals surface area (Å²) < 4.78 is 11.9. The summed E-state index contributed by atoms with van der Waals surface area (Å²) in [6.07, 6.45) is 0. The average molecular weight is 588 g/mol. The molecule has 6 aromatic carbocycles. The highest BCUT2D eigenvalue weighted by Gasteiger charge is 2.20. The van der Waals surface area contributed by atoms with E-state index in [0.717, 1.165) is 33.8 Å². The molecule has 3 nitrogen and oxygen atoms in total. The van der Waals surface area contributed by atoms with E-state index in [4.69, 9.17) is 32.7 Å². The number of hydrogen-bond acceptors (Lipinski definition) is 3. The Labute approximate surface area is 254 Å². The molecule has 6 aromatic rings. The molecule has 0 aliphatic carbocycles. The van der Waals surface area contributed by atoms with Crippen LogP contribution in [0.1, 0.15) is 15.9 Å². The molecule has 0 heterocycles. The van der Waals surface area contributed by atoms with E-state index in [1.54, 1.807) is 24.3 Å². The van der Waals surface area contributed by atoms with Crippen molar-refractivity contribution in [1.29, 1.82) is 0 Å². The first-order valence-corrected chi connectivity index (χ1v) is 14.1. The number of carbonyl (C=O) groups excluding carboxylic acids is 1. The molecule has 0 spiro atoms. The number of hydrogen-bond donors (Lipinski definition) is 0. The zero-order valence-corrected chi connectivity index (χ0v) is 23.8. The van der Waals surface area contributed by atoms with E-state index in [0.29, 0.717) is 32.7 Å². The van der Waals surface area contributed by atoms with Gasteiger partial charge in [0.2, 0.25) is 0 Å². The van der Waals surface area contributed by atoms with Crippen molar-refractivity contribution in [2.24, 2.45) is 0 Å². The van der Waals surface area contributed by atoms with Crippen LogP contribution in [0.2, 0.25) is 10.0 Å². The zero-order valence-electron chi connectivity index (χ0n) is 22.3. The summed E-state index contributed by atoms with van der Waals surface area (Å²) in [7, 11) is 0. The molecule has 0 aromatic heterocycles. The molecule has 6 rings (SSSR count). The minimum Gasteiger partial charge on any atom is -0.457 e. The highest BCUT2D eigenvalue weighted by atomic mass is 35.5. The summed E-state index contributed by atoms with van der Waals surface area (Å²) in [5.74, 6) is 2.75. The maximum Gasteiger partial charge on any atom is 0.194 e. The van der Waals surface area contributed by atoms with Crippen molar-refractivity contribution in [2.75, 3.05) is 0 Å². The van der Waals surface area contributed by atoms with Gasteiger partial charge in [-0.3, -0.25) is 4.79 Å². The van der Waals surface area contributed by atoms with Crippen molar-refractivity contribution >= 4 is 29.0 Å². The Bertz CT molecular complexity index is 1700. The van der Waals surface area contributed by atoms with Crippen LogP contribution in [0.25, 0.3) is 22.3 Å². The number of ether oxygens (including phenoxy) is 2. The van der Waals surface area contributed by atoms with Crippen LogP contribution < -0.4 is 9.47 Å². The van der Waals surface area contributed by atoms with Crippen molar-refractivity contribution in [1.82, 2.24) is 0 Å². The van der Waals surface area contributed by atoms with Gasteiger partial charge in [0.15, 0.2) is 5.78 Å². The molecule has 0 N–H and O–H groups in total. The van der Waals surface area contributed by atoms with Gasteiger partial charge in [0.05, 0.1) is 0 Å². The highest BCUT2D eigenvalue weighted by Crippen LogP contribution is 2.35. The van der Waals surface area contributed by atoms with Gasteiger partial charge in [-0.05, 0) is 107 Å². The molecule has 0 aliphatic heterocycles. The molecule has 0 saturated carbocycles. The van der Waals surface area contributed by atoms with Crippen molar-refractivity contribution in [3.8, 4) is 45.3 Å². The van der Waals surface area contributed by atoms with Gasteiger partial charge >= 0.3 is 0 Å². The second-order valence-electron chi connectivity index (χ2n) is 9.59. The molecule has 0 aliphatic rings. The van der Waals surface area contributed by atoms with Crippen LogP contribution in [-0.4, -0.2) is 5.78 Å². The Morgan fingerprint density at radius 1 is 0.429 bits per heavy atom. The first kappa shape index (κ1) is 27.3. The topological polar surface area (TPSA) is 35.5 Å². The lowest BCUT2D eigenvalue weighted by Gasteiger charge is -2.14. The summed E-state index contributed by atoms with van der Waals surface area (Å²) in [6, 6.07) is 45.0. The van der Waals surface area contributed by atoms with Crippen molar-refractivity contribution in [3.63, 3.8) is 0 Å². The lowest BCUT2D eigenvalue weighted by molar-refractivity contribution is 0.104. The maximum absolute atomic E-state index is 14.1. The molecule has 5 heteroatoms. The Morgan fingerprint density at radius 3 is 1.17 bits per heavy atom. The van der Waals surface area contributed by atoms with Crippen molar-refractivity contribution < 1.29 is 14.3 Å². The second-order valence-corrected chi connectivity index (χ2v) is 10.5. The molecule has 0 amide bonds. The number of halogens is 2. The van der Waals surface area contributed by atoms with Gasteiger partial charge in [0.1, 0.15) is 23.0 Å². The third-order valence-corrected chi connectivity index (χ3v) is 7.21. The lowest BCUT2D eigenvalue weighted by atomic mass is 9.90. The van der Waals surface area contributed by atoms with Crippen molar-refractivity contribution in [3.05, 3.63) is 167 Å². The second kappa shape index (κ2) is 12.4. The first-order chi connectivity index (χ1) is 20.5. The fourth-order valence-corrected chi connectivity index (χ4v) is 5.05. The number of carbonyl (C=O) groups is 1. The summed E-state index contributed by atoms with van der Waals surface area (Å²) in [4.78, 5) is 14.1. The standard InChI is InChI=1S/C37H24Cl2O3/c38-27-15-21-33(35(23-27)25-11-17-31(18-12-25)41-29-7-3-1-4-8-29)37(40)34-22-16-28(39)24-36(34)26-13-19-32(20-14-26)42-30-9-5-2-6-10-30/h1-24H. The molecular weight excluding hydrogens is 563 g/mol. The number of benzene rings is 6. The van der Waals surface area contributed by atoms with E-state index in [2.05, 4.69) is 0 Å². The van der Waals surface area contributed by atoms with E-state index >= 15 is 0 Å². The molecule has 42 heavy (non-hydrogen) atoms. The molecule has 0 atom stereocenters. The normalized spacial score (nSPS) is 10.7. The van der Waals surface area contributed by atoms with Gasteiger partial charge in [0.25, 0.3) is 0 Å². The molecule has 0 radical (unpaired) electrons. The lowest BCUT2D eigenvalue weighted by Crippen LogP contribution is -2.06. The van der Waals surface area contributed by atoms with Crippen LogP contribution in [0, 0.1) is 0 Å². The van der Waals surface area contributed by atoms with Crippen molar-refractivity contribution in [2.45, 2.75) is 0 Å². The van der Waals surface area contributed by atoms with E-state index in [9.17, 15) is 4.79 Å². The van der Waals surface area contributed by atoms with Crippen LogP contribution in [-0.2, 0) is 0 Å². The van der Waals surface area contributed by atoms with Gasteiger partial charge in [0, 0.05) is 21.2 Å². The van der Waals surface area contributed by atoms with E-state index in [-0.39, 0.29) is 5.78 Å². The predicted octanol–water partition coefficient (Wildman–Crippen LogP) is 11.1. The number of para-hydroxylation sites is 2. The maximum atomic E-state index is 14.1. The molecule has 0 fully saturated rings. The van der Waals surface area contributed by atoms with Gasteiger partial charge in [-0.1, -0.05) is 83.9 Å². The first-order valence-electron chi connectivity index (χ1n) is 13.3. The summed E-state index contributed by atoms with van der Waals surface area (Å²) in [6.45, 7) is 0. The molecule has 0 unspecified atom stereocenters. The van der Waals surface area contributed by atoms with Crippen LogP contribution >= 0.6 is 23.2 Å². The Balaban J connectivity index is 1.32. The minimum atomic E-state index is -0.137. The van der Waals surface area contributed by atoms with Crippen LogP contribution in [0.4, 0.5) is 0 Å². The van der Waals surface area contributed by atoms with Crippen LogP contribution in [0.5, 0.6) is 23.0 Å². The predicted molar refractivity (Wildman–Crippen MR) is 170 cm³/mol. The van der Waals surface area contributed by atoms with Crippen LogP contribution in [0.15, 0.2) is 146 Å². The summed E-state index contributed by atoms with van der Waals surface area (Å²) in [5, 5.41) is 1.08. The smallest absolute Gasteiger partial charge is 0.194 e. The average Bonchev–Trinajstić information content (AvgIpc) is 3.02. The largest absolute Gasteiger partial charge is 0.457 e. The van der Waals surface area contributed by atoms with E-state index < -0.39 is 0 Å². The Kier molecular flexibility index (Phi) is 8.05. The number of ketones is 1. The Morgan fingerprint density at radius 2 is 0.786 bits per heavy atom. The number of rotatable bonds is 8. The van der Waals surface area contributed by atoms with Gasteiger partial charge in [-0.15, -0.1) is 0 Å². The SMILES string of the molecule is O=C(c1ccc(Cl)cc1-c1ccc(Oc2ccccc2)cc1)c1ccc(Cl)cc1-c1ccc(Oc2ccccc2)cc1. The van der Waals surface area contributed by atoms with E-state index in [1.165, 1.54) is 0 Å². The molecular formula is C37H24Cl2O3. The molecule has 0 saturated heterocycles. The highest BCUT2D eigenvalue weighted by molar-refractivity contribution is 6.32. The molecule has 204 valence electrons. The monoisotopic (exact) mass is 586 g/mol. The fraction of sp³-hybridized carbons (Fsp3) is 0. The molecule has 0 bridgehead atoms. The van der Waals surface area contributed by atoms with Gasteiger partial charge < -0.3 is 9.47 Å². The van der Waals surface area contributed by atoms with Gasteiger partial charge in [-0.25, -0.2) is 0 Å². The van der Waals surface area contributed by atoms with Gasteiger partial charge in [-0.2, -0.15) is 0 Å². The van der Waals surface area contributed by atoms with E-state index in [1.807, 2.05) is 121 Å². The fourth-order valence-electron chi connectivity index (χ4n) is 4.71. The third kappa shape index (κ3) is 6.23. The summed E-state index contributed by atoms with van der Waals surface area (Å²) in [5.41, 5.74) is 4.21. The summed E-state index contributed by atoms with van der Waals surface area (Å²) >= 11 is 12.8.